The van der Waals surface area contributed by atoms with Crippen LogP contribution >= 0.6 is 0 Å². The Hall–Kier alpha value is -2.65. The third kappa shape index (κ3) is 2.96. The van der Waals surface area contributed by atoms with Crippen molar-refractivity contribution in [2.75, 3.05) is 0 Å². The standard InChI is InChI=1S/C20H20N2O/c1-14-8-10-15(11-9-14)18-13-12-17(20(23)22(18)2)19(21)16-6-4-3-5-7-16/h3-13,19H,21H2,1-2H3. The number of benzene rings is 2. The van der Waals surface area contributed by atoms with Crippen LogP contribution in [0, 0.1) is 6.92 Å². The highest BCUT2D eigenvalue weighted by Gasteiger charge is 2.15. The zero-order valence-corrected chi connectivity index (χ0v) is 13.4. The van der Waals surface area contributed by atoms with Crippen molar-refractivity contribution < 1.29 is 0 Å². The molecule has 0 aliphatic carbocycles. The molecule has 3 nitrogen and oxygen atoms in total. The van der Waals surface area contributed by atoms with E-state index in [1.807, 2.05) is 73.7 Å². The van der Waals surface area contributed by atoms with Gasteiger partial charge in [-0.25, -0.2) is 0 Å². The SMILES string of the molecule is Cc1ccc(-c2ccc(C(N)c3ccccc3)c(=O)n2C)cc1. The topological polar surface area (TPSA) is 48.0 Å². The molecular weight excluding hydrogens is 284 g/mol. The van der Waals surface area contributed by atoms with E-state index in [-0.39, 0.29) is 5.56 Å². The molecule has 2 aromatic carbocycles. The zero-order valence-electron chi connectivity index (χ0n) is 13.4. The molecule has 0 aliphatic rings. The van der Waals surface area contributed by atoms with Gasteiger partial charge in [0.2, 0.25) is 0 Å². The average molecular weight is 304 g/mol. The van der Waals surface area contributed by atoms with Crippen molar-refractivity contribution in [1.82, 2.24) is 4.57 Å². The van der Waals surface area contributed by atoms with E-state index in [0.29, 0.717) is 5.56 Å². The molecule has 1 unspecified atom stereocenters. The quantitative estimate of drug-likeness (QED) is 0.806. The Labute approximate surface area is 136 Å². The molecule has 1 heterocycles. The summed E-state index contributed by atoms with van der Waals surface area (Å²) in [5.74, 6) is 0. The summed E-state index contributed by atoms with van der Waals surface area (Å²) in [5, 5.41) is 0. The highest BCUT2D eigenvalue weighted by molar-refractivity contribution is 5.60. The monoisotopic (exact) mass is 304 g/mol. The normalized spacial score (nSPS) is 12.1. The van der Waals surface area contributed by atoms with Crippen LogP contribution in [0.25, 0.3) is 11.3 Å². The lowest BCUT2D eigenvalue weighted by atomic mass is 9.99. The number of nitrogens with two attached hydrogens (primary N) is 1. The lowest BCUT2D eigenvalue weighted by Gasteiger charge is -2.15. The molecule has 3 aromatic rings. The van der Waals surface area contributed by atoms with Crippen molar-refractivity contribution in [3.63, 3.8) is 0 Å². The first-order valence-electron chi connectivity index (χ1n) is 7.65. The van der Waals surface area contributed by atoms with E-state index >= 15 is 0 Å². The number of nitrogens with zero attached hydrogens (tertiary/aromatic N) is 1. The number of aryl methyl sites for hydroxylation is 1. The Morgan fingerprint density at radius 1 is 0.913 bits per heavy atom. The fourth-order valence-electron chi connectivity index (χ4n) is 2.75. The van der Waals surface area contributed by atoms with E-state index in [2.05, 4.69) is 0 Å². The number of aromatic nitrogens is 1. The molecule has 2 N–H and O–H groups in total. The molecule has 0 bridgehead atoms. The largest absolute Gasteiger partial charge is 0.320 e. The molecule has 116 valence electrons. The van der Waals surface area contributed by atoms with Crippen molar-refractivity contribution in [3.05, 3.63) is 93.8 Å². The molecule has 23 heavy (non-hydrogen) atoms. The molecule has 0 saturated carbocycles. The summed E-state index contributed by atoms with van der Waals surface area (Å²) in [7, 11) is 1.79. The van der Waals surface area contributed by atoms with E-state index in [1.165, 1.54) is 5.56 Å². The van der Waals surface area contributed by atoms with Gasteiger partial charge in [0.05, 0.1) is 11.7 Å². The average Bonchev–Trinajstić information content (AvgIpc) is 2.58. The minimum atomic E-state index is -0.415. The van der Waals surface area contributed by atoms with Crippen LogP contribution in [0.2, 0.25) is 0 Å². The van der Waals surface area contributed by atoms with Crippen molar-refractivity contribution in [3.8, 4) is 11.3 Å². The molecule has 1 atom stereocenters. The summed E-state index contributed by atoms with van der Waals surface area (Å²) in [6.07, 6.45) is 0. The lowest BCUT2D eigenvalue weighted by molar-refractivity contribution is 0.790. The van der Waals surface area contributed by atoms with Crippen LogP contribution in [0.3, 0.4) is 0 Å². The molecule has 1 aromatic heterocycles. The van der Waals surface area contributed by atoms with Crippen LogP contribution in [-0.4, -0.2) is 4.57 Å². The highest BCUT2D eigenvalue weighted by Crippen LogP contribution is 2.21. The van der Waals surface area contributed by atoms with Gasteiger partial charge < -0.3 is 10.3 Å². The number of rotatable bonds is 3. The van der Waals surface area contributed by atoms with Crippen molar-refractivity contribution in [2.45, 2.75) is 13.0 Å². The minimum Gasteiger partial charge on any atom is -0.320 e. The molecule has 0 spiro atoms. The molecular formula is C20H20N2O. The Morgan fingerprint density at radius 2 is 1.57 bits per heavy atom. The molecule has 0 radical (unpaired) electrons. The van der Waals surface area contributed by atoms with E-state index in [1.54, 1.807) is 11.6 Å². The van der Waals surface area contributed by atoms with E-state index < -0.39 is 6.04 Å². The molecule has 0 fully saturated rings. The van der Waals surface area contributed by atoms with E-state index in [9.17, 15) is 4.79 Å². The summed E-state index contributed by atoms with van der Waals surface area (Å²) in [4.78, 5) is 12.7. The van der Waals surface area contributed by atoms with Gasteiger partial charge in [0.25, 0.3) is 5.56 Å². The van der Waals surface area contributed by atoms with Crippen LogP contribution in [0.15, 0.2) is 71.5 Å². The summed E-state index contributed by atoms with van der Waals surface area (Å²) in [5.41, 5.74) is 10.9. The Morgan fingerprint density at radius 3 is 2.22 bits per heavy atom. The predicted molar refractivity (Wildman–Crippen MR) is 94.3 cm³/mol. The zero-order chi connectivity index (χ0) is 16.4. The smallest absolute Gasteiger partial charge is 0.255 e. The van der Waals surface area contributed by atoms with Gasteiger partial charge in [-0.3, -0.25) is 4.79 Å². The highest BCUT2D eigenvalue weighted by atomic mass is 16.1. The van der Waals surface area contributed by atoms with E-state index in [0.717, 1.165) is 16.8 Å². The number of hydrogen-bond donors (Lipinski definition) is 1. The molecule has 0 aliphatic heterocycles. The minimum absolute atomic E-state index is 0.0561. The fourth-order valence-corrected chi connectivity index (χ4v) is 2.75. The second-order valence-electron chi connectivity index (χ2n) is 5.79. The summed E-state index contributed by atoms with van der Waals surface area (Å²) < 4.78 is 1.67. The van der Waals surface area contributed by atoms with Gasteiger partial charge in [-0.2, -0.15) is 0 Å². The summed E-state index contributed by atoms with van der Waals surface area (Å²) in [6.45, 7) is 2.05. The van der Waals surface area contributed by atoms with Crippen LogP contribution in [0.1, 0.15) is 22.7 Å². The molecule has 3 rings (SSSR count). The maximum atomic E-state index is 12.7. The molecule has 0 amide bonds. The van der Waals surface area contributed by atoms with Crippen molar-refractivity contribution in [1.29, 1.82) is 0 Å². The summed E-state index contributed by atoms with van der Waals surface area (Å²) in [6, 6.07) is 21.2. The maximum Gasteiger partial charge on any atom is 0.255 e. The first-order valence-corrected chi connectivity index (χ1v) is 7.65. The summed E-state index contributed by atoms with van der Waals surface area (Å²) >= 11 is 0. The lowest BCUT2D eigenvalue weighted by Crippen LogP contribution is -2.27. The van der Waals surface area contributed by atoms with Gasteiger partial charge in [-0.15, -0.1) is 0 Å². The first-order chi connectivity index (χ1) is 11.1. The fraction of sp³-hybridized carbons (Fsp3) is 0.150. The third-order valence-electron chi connectivity index (χ3n) is 4.17. The third-order valence-corrected chi connectivity index (χ3v) is 4.17. The van der Waals surface area contributed by atoms with Crippen LogP contribution in [-0.2, 0) is 7.05 Å². The van der Waals surface area contributed by atoms with Gasteiger partial charge in [-0.1, -0.05) is 60.2 Å². The second-order valence-corrected chi connectivity index (χ2v) is 5.79. The van der Waals surface area contributed by atoms with Crippen LogP contribution < -0.4 is 11.3 Å². The van der Waals surface area contributed by atoms with E-state index in [4.69, 9.17) is 5.73 Å². The van der Waals surface area contributed by atoms with Crippen molar-refractivity contribution in [2.24, 2.45) is 12.8 Å². The first kappa shape index (κ1) is 15.3. The van der Waals surface area contributed by atoms with Gasteiger partial charge in [0.1, 0.15) is 0 Å². The number of hydrogen-bond acceptors (Lipinski definition) is 2. The van der Waals surface area contributed by atoms with Crippen LogP contribution in [0.4, 0.5) is 0 Å². The van der Waals surface area contributed by atoms with Crippen LogP contribution in [0.5, 0.6) is 0 Å². The van der Waals surface area contributed by atoms with Crippen molar-refractivity contribution >= 4 is 0 Å². The maximum absolute atomic E-state index is 12.7. The van der Waals surface area contributed by atoms with Gasteiger partial charge in [0.15, 0.2) is 0 Å². The Kier molecular flexibility index (Phi) is 4.13. The Balaban J connectivity index is 2.04. The van der Waals surface area contributed by atoms with Gasteiger partial charge >= 0.3 is 0 Å². The molecule has 3 heteroatoms. The Bertz CT molecular complexity index is 864. The second kappa shape index (κ2) is 6.23. The van der Waals surface area contributed by atoms with Gasteiger partial charge in [-0.05, 0) is 30.2 Å². The predicted octanol–water partition coefficient (Wildman–Crippen LogP) is 3.41. The van der Waals surface area contributed by atoms with Gasteiger partial charge in [0, 0.05) is 12.6 Å². The molecule has 0 saturated heterocycles. The number of pyridine rings is 1.